The molecule has 0 saturated heterocycles. The van der Waals surface area contributed by atoms with Crippen molar-refractivity contribution in [1.29, 1.82) is 0 Å². The average molecular weight is 321 g/mol. The van der Waals surface area contributed by atoms with Crippen LogP contribution >= 0.6 is 15.9 Å². The van der Waals surface area contributed by atoms with Crippen LogP contribution in [-0.4, -0.2) is 10.9 Å². The number of aromatic nitrogens is 1. The molecule has 2 aromatic rings. The fourth-order valence-corrected chi connectivity index (χ4v) is 1.79. The number of rotatable bonds is 3. The maximum atomic E-state index is 13.6. The molecule has 3 nitrogen and oxygen atoms in total. The molecule has 5 heteroatoms. The Bertz CT molecular complexity index is 626. The third-order valence-corrected chi connectivity index (χ3v) is 2.93. The maximum Gasteiger partial charge on any atom is 0.259 e. The van der Waals surface area contributed by atoms with E-state index in [4.69, 9.17) is 0 Å². The van der Waals surface area contributed by atoms with Crippen molar-refractivity contribution in [2.75, 3.05) is 5.32 Å². The molecule has 0 aliphatic rings. The van der Waals surface area contributed by atoms with E-state index in [-0.39, 0.29) is 5.56 Å². The molecule has 2 rings (SSSR count). The van der Waals surface area contributed by atoms with Gasteiger partial charge in [-0.1, -0.05) is 28.6 Å². The Balaban J connectivity index is 2.18. The zero-order valence-corrected chi connectivity index (χ0v) is 11.4. The molecule has 0 fully saturated rings. The first-order valence-electron chi connectivity index (χ1n) is 5.45. The van der Waals surface area contributed by atoms with E-state index in [0.29, 0.717) is 10.3 Å². The van der Waals surface area contributed by atoms with E-state index < -0.39 is 11.7 Å². The molecular weight excluding hydrogens is 311 g/mol. The number of anilines is 1. The number of benzene rings is 1. The molecule has 0 atom stereocenters. The lowest BCUT2D eigenvalue weighted by Crippen LogP contribution is -2.14. The third-order valence-electron chi connectivity index (χ3n) is 2.44. The van der Waals surface area contributed by atoms with Gasteiger partial charge in [-0.2, -0.15) is 0 Å². The van der Waals surface area contributed by atoms with Crippen LogP contribution in [0.4, 0.5) is 10.2 Å². The molecule has 0 aliphatic carbocycles. The molecule has 1 aromatic heterocycles. The first-order chi connectivity index (χ1) is 9.10. The van der Waals surface area contributed by atoms with Gasteiger partial charge < -0.3 is 5.32 Å². The van der Waals surface area contributed by atoms with Crippen LogP contribution in [0.25, 0.3) is 6.08 Å². The molecule has 0 unspecified atom stereocenters. The van der Waals surface area contributed by atoms with E-state index in [0.717, 1.165) is 5.56 Å². The summed E-state index contributed by atoms with van der Waals surface area (Å²) in [6, 6.07) is 7.64. The third kappa shape index (κ3) is 3.26. The number of nitrogens with zero attached hydrogens (tertiary/aromatic N) is 1. The molecule has 96 valence electrons. The quantitative estimate of drug-likeness (QED) is 0.932. The van der Waals surface area contributed by atoms with Crippen LogP contribution < -0.4 is 5.32 Å². The minimum atomic E-state index is -0.588. The highest BCUT2D eigenvalue weighted by Crippen LogP contribution is 2.16. The van der Waals surface area contributed by atoms with Gasteiger partial charge in [-0.15, -0.1) is 0 Å². The van der Waals surface area contributed by atoms with Crippen molar-refractivity contribution < 1.29 is 9.18 Å². The van der Waals surface area contributed by atoms with Gasteiger partial charge in [0.25, 0.3) is 5.91 Å². The number of hydrogen-bond donors (Lipinski definition) is 1. The molecule has 0 spiro atoms. The van der Waals surface area contributed by atoms with Crippen LogP contribution in [0.1, 0.15) is 15.9 Å². The summed E-state index contributed by atoms with van der Waals surface area (Å²) in [6.07, 6.45) is 3.22. The Hall–Kier alpha value is -2.01. The van der Waals surface area contributed by atoms with E-state index >= 15 is 0 Å². The Morgan fingerprint density at radius 2 is 2.16 bits per heavy atom. The molecule has 1 aromatic carbocycles. The number of halogens is 2. The Labute approximate surface area is 118 Å². The van der Waals surface area contributed by atoms with E-state index in [1.54, 1.807) is 30.5 Å². The summed E-state index contributed by atoms with van der Waals surface area (Å²) in [6.45, 7) is 3.61. The fraction of sp³-hybridized carbons (Fsp3) is 0. The summed E-state index contributed by atoms with van der Waals surface area (Å²) < 4.78 is 14.2. The maximum absolute atomic E-state index is 13.6. The summed E-state index contributed by atoms with van der Waals surface area (Å²) >= 11 is 3.13. The van der Waals surface area contributed by atoms with Crippen LogP contribution in [0.3, 0.4) is 0 Å². The molecule has 0 bridgehead atoms. The zero-order valence-electron chi connectivity index (χ0n) is 9.86. The molecule has 0 aliphatic heterocycles. The molecule has 1 heterocycles. The van der Waals surface area contributed by atoms with Crippen molar-refractivity contribution in [2.45, 2.75) is 0 Å². The summed E-state index contributed by atoms with van der Waals surface area (Å²) in [7, 11) is 0. The second-order valence-corrected chi connectivity index (χ2v) is 4.67. The lowest BCUT2D eigenvalue weighted by molar-refractivity contribution is 0.102. The Kier molecular flexibility index (Phi) is 4.06. The second kappa shape index (κ2) is 5.75. The van der Waals surface area contributed by atoms with Crippen LogP contribution in [0, 0.1) is 5.82 Å². The van der Waals surface area contributed by atoms with Crippen LogP contribution in [0.15, 0.2) is 47.6 Å². The number of hydrogen-bond acceptors (Lipinski definition) is 2. The Morgan fingerprint density at radius 1 is 1.37 bits per heavy atom. The summed E-state index contributed by atoms with van der Waals surface area (Å²) in [4.78, 5) is 15.9. The summed E-state index contributed by atoms with van der Waals surface area (Å²) in [5.41, 5.74) is 0.811. The SMILES string of the molecule is C=Cc1ccc(NC(=O)c2ccc(Br)cc2F)nc1. The van der Waals surface area contributed by atoms with Gasteiger partial charge in [0, 0.05) is 10.7 Å². The minimum Gasteiger partial charge on any atom is -0.306 e. The standard InChI is InChI=1S/C14H10BrFN2O/c1-2-9-3-6-13(17-8-9)18-14(19)11-5-4-10(15)7-12(11)16/h2-8H,1H2,(H,17,18,19). The van der Waals surface area contributed by atoms with Crippen molar-refractivity contribution in [3.63, 3.8) is 0 Å². The van der Waals surface area contributed by atoms with Crippen molar-refractivity contribution in [3.05, 3.63) is 64.5 Å². The predicted octanol–water partition coefficient (Wildman–Crippen LogP) is 3.88. The predicted molar refractivity (Wildman–Crippen MR) is 76.4 cm³/mol. The topological polar surface area (TPSA) is 42.0 Å². The van der Waals surface area contributed by atoms with Crippen molar-refractivity contribution in [1.82, 2.24) is 4.98 Å². The molecule has 0 radical (unpaired) electrons. The van der Waals surface area contributed by atoms with E-state index in [2.05, 4.69) is 32.8 Å². The van der Waals surface area contributed by atoms with Crippen molar-refractivity contribution in [3.8, 4) is 0 Å². The van der Waals surface area contributed by atoms with Crippen LogP contribution in [0.5, 0.6) is 0 Å². The molecular formula is C14H10BrFN2O. The van der Waals surface area contributed by atoms with Crippen molar-refractivity contribution in [2.24, 2.45) is 0 Å². The van der Waals surface area contributed by atoms with E-state index in [1.165, 1.54) is 12.1 Å². The number of carbonyl (C=O) groups is 1. The molecule has 0 saturated carbocycles. The van der Waals surface area contributed by atoms with Crippen LogP contribution in [-0.2, 0) is 0 Å². The van der Waals surface area contributed by atoms with Gasteiger partial charge in [0.1, 0.15) is 11.6 Å². The molecule has 1 amide bonds. The number of pyridine rings is 1. The summed E-state index contributed by atoms with van der Waals surface area (Å²) in [5.74, 6) is -0.767. The number of carbonyl (C=O) groups excluding carboxylic acids is 1. The van der Waals surface area contributed by atoms with Gasteiger partial charge in [0.05, 0.1) is 5.56 Å². The fourth-order valence-electron chi connectivity index (χ4n) is 1.46. The first-order valence-corrected chi connectivity index (χ1v) is 6.24. The van der Waals surface area contributed by atoms with Crippen molar-refractivity contribution >= 4 is 33.7 Å². The monoisotopic (exact) mass is 320 g/mol. The van der Waals surface area contributed by atoms with Gasteiger partial charge >= 0.3 is 0 Å². The van der Waals surface area contributed by atoms with Gasteiger partial charge in [-0.3, -0.25) is 4.79 Å². The van der Waals surface area contributed by atoms with Gasteiger partial charge in [0.15, 0.2) is 0 Å². The lowest BCUT2D eigenvalue weighted by atomic mass is 10.2. The van der Waals surface area contributed by atoms with E-state index in [9.17, 15) is 9.18 Å². The Morgan fingerprint density at radius 3 is 2.74 bits per heavy atom. The first kappa shape index (κ1) is 13.4. The highest BCUT2D eigenvalue weighted by molar-refractivity contribution is 9.10. The molecule has 19 heavy (non-hydrogen) atoms. The van der Waals surface area contributed by atoms with E-state index in [1.807, 2.05) is 0 Å². The van der Waals surface area contributed by atoms with Crippen LogP contribution in [0.2, 0.25) is 0 Å². The number of nitrogens with one attached hydrogen (secondary N) is 1. The lowest BCUT2D eigenvalue weighted by Gasteiger charge is -2.06. The largest absolute Gasteiger partial charge is 0.306 e. The van der Waals surface area contributed by atoms with Gasteiger partial charge in [-0.05, 0) is 35.9 Å². The molecule has 1 N–H and O–H groups in total. The highest BCUT2D eigenvalue weighted by atomic mass is 79.9. The normalized spacial score (nSPS) is 10.0. The zero-order chi connectivity index (χ0) is 13.8. The number of amides is 1. The average Bonchev–Trinajstić information content (AvgIpc) is 2.39. The highest BCUT2D eigenvalue weighted by Gasteiger charge is 2.12. The second-order valence-electron chi connectivity index (χ2n) is 3.76. The smallest absolute Gasteiger partial charge is 0.259 e. The van der Waals surface area contributed by atoms with Gasteiger partial charge in [0.2, 0.25) is 0 Å². The summed E-state index contributed by atoms with van der Waals surface area (Å²) in [5, 5.41) is 2.53. The minimum absolute atomic E-state index is 0.0298. The van der Waals surface area contributed by atoms with Gasteiger partial charge in [-0.25, -0.2) is 9.37 Å².